The molecule has 1 aliphatic rings. The molecule has 0 bridgehead atoms. The van der Waals surface area contributed by atoms with Crippen molar-refractivity contribution in [1.82, 2.24) is 4.31 Å². The lowest BCUT2D eigenvalue weighted by molar-refractivity contribution is 0.474. The summed E-state index contributed by atoms with van der Waals surface area (Å²) >= 11 is 1.34. The molecule has 2 N–H and O–H groups in total. The second-order valence-corrected chi connectivity index (χ2v) is 7.64. The Labute approximate surface area is 112 Å². The third-order valence-electron chi connectivity index (χ3n) is 2.92. The van der Waals surface area contributed by atoms with Gasteiger partial charge in [0, 0.05) is 24.0 Å². The molecule has 4 nitrogen and oxygen atoms in total. The second kappa shape index (κ2) is 5.24. The van der Waals surface area contributed by atoms with Gasteiger partial charge in [0.1, 0.15) is 4.21 Å². The fourth-order valence-corrected chi connectivity index (χ4v) is 4.95. The van der Waals surface area contributed by atoms with Gasteiger partial charge >= 0.3 is 0 Å². The number of hydrogen-bond acceptors (Lipinski definition) is 4. The van der Waals surface area contributed by atoms with Crippen molar-refractivity contribution >= 4 is 33.8 Å². The third-order valence-corrected chi connectivity index (χ3v) is 6.39. The molecule has 1 atom stereocenters. The van der Waals surface area contributed by atoms with Crippen LogP contribution in [0.4, 0.5) is 0 Å². The Morgan fingerprint density at radius 3 is 2.53 bits per heavy atom. The fraction of sp³-hybridized carbons (Fsp3) is 0.600. The number of rotatable bonds is 2. The van der Waals surface area contributed by atoms with E-state index in [0.29, 0.717) is 17.3 Å². The molecule has 0 aliphatic carbocycles. The highest BCUT2D eigenvalue weighted by Gasteiger charge is 2.32. The summed E-state index contributed by atoms with van der Waals surface area (Å²) in [6, 6.07) is 1.73. The topological polar surface area (TPSA) is 63.4 Å². The Morgan fingerprint density at radius 1 is 1.47 bits per heavy atom. The first-order chi connectivity index (χ1) is 7.41. The minimum atomic E-state index is -3.30. The predicted molar refractivity (Wildman–Crippen MR) is 72.4 cm³/mol. The van der Waals surface area contributed by atoms with Gasteiger partial charge < -0.3 is 5.73 Å². The molecule has 1 aromatic heterocycles. The minimum Gasteiger partial charge on any atom is -0.326 e. The smallest absolute Gasteiger partial charge is 0.252 e. The summed E-state index contributed by atoms with van der Waals surface area (Å²) in [5.74, 6) is 0. The van der Waals surface area contributed by atoms with Crippen LogP contribution in [0.1, 0.15) is 16.9 Å². The van der Waals surface area contributed by atoms with Crippen molar-refractivity contribution in [1.29, 1.82) is 0 Å². The number of hydrogen-bond donors (Lipinski definition) is 1. The number of sulfonamides is 1. The molecule has 0 saturated carbocycles. The van der Waals surface area contributed by atoms with E-state index in [0.717, 1.165) is 16.9 Å². The number of nitrogens with two attached hydrogens (primary N) is 1. The zero-order valence-corrected chi connectivity index (χ0v) is 12.3. The zero-order chi connectivity index (χ0) is 11.9. The van der Waals surface area contributed by atoms with E-state index in [4.69, 9.17) is 5.73 Å². The summed E-state index contributed by atoms with van der Waals surface area (Å²) in [5, 5.41) is 0. The van der Waals surface area contributed by atoms with Crippen LogP contribution in [0.15, 0.2) is 10.3 Å². The molecule has 1 aliphatic heterocycles. The van der Waals surface area contributed by atoms with Gasteiger partial charge in [-0.05, 0) is 31.9 Å². The van der Waals surface area contributed by atoms with Crippen molar-refractivity contribution in [3.63, 3.8) is 0 Å². The lowest BCUT2D eigenvalue weighted by Gasteiger charge is -2.14. The van der Waals surface area contributed by atoms with Crippen molar-refractivity contribution < 1.29 is 8.42 Å². The Bertz CT molecular complexity index is 479. The molecule has 0 radical (unpaired) electrons. The molecule has 2 rings (SSSR count). The highest BCUT2D eigenvalue weighted by Crippen LogP contribution is 2.29. The van der Waals surface area contributed by atoms with Crippen LogP contribution in [0.3, 0.4) is 0 Å². The quantitative estimate of drug-likeness (QED) is 0.900. The van der Waals surface area contributed by atoms with Crippen LogP contribution in [0.2, 0.25) is 0 Å². The van der Waals surface area contributed by atoms with Gasteiger partial charge in [0.05, 0.1) is 0 Å². The van der Waals surface area contributed by atoms with Gasteiger partial charge in [0.2, 0.25) is 0 Å². The van der Waals surface area contributed by atoms with E-state index in [-0.39, 0.29) is 18.4 Å². The Morgan fingerprint density at radius 2 is 2.12 bits per heavy atom. The Kier molecular flexibility index (Phi) is 4.60. The SMILES string of the molecule is Cc1cc(S(=O)(=O)N2CC[C@H](N)C2)sc1C.Cl. The summed E-state index contributed by atoms with van der Waals surface area (Å²) in [6.45, 7) is 4.85. The van der Waals surface area contributed by atoms with Crippen LogP contribution in [0.25, 0.3) is 0 Å². The van der Waals surface area contributed by atoms with Gasteiger partial charge in [-0.1, -0.05) is 0 Å². The molecule has 0 aromatic carbocycles. The molecular weight excluding hydrogens is 280 g/mol. The molecule has 98 valence electrons. The molecule has 0 unspecified atom stereocenters. The predicted octanol–water partition coefficient (Wildman–Crippen LogP) is 1.51. The first-order valence-corrected chi connectivity index (χ1v) is 7.49. The van der Waals surface area contributed by atoms with Gasteiger partial charge in [-0.2, -0.15) is 4.31 Å². The first-order valence-electron chi connectivity index (χ1n) is 5.24. The second-order valence-electron chi connectivity index (χ2n) is 4.22. The average Bonchev–Trinajstić information content (AvgIpc) is 2.75. The number of nitrogens with zero attached hydrogens (tertiary/aromatic N) is 1. The number of aryl methyl sites for hydroxylation is 2. The zero-order valence-electron chi connectivity index (χ0n) is 9.84. The van der Waals surface area contributed by atoms with Gasteiger partial charge in [-0.3, -0.25) is 0 Å². The lowest BCUT2D eigenvalue weighted by Crippen LogP contribution is -2.31. The summed E-state index contributed by atoms with van der Waals surface area (Å²) in [4.78, 5) is 1.06. The number of thiophene rings is 1. The van der Waals surface area contributed by atoms with Crippen LogP contribution in [-0.2, 0) is 10.0 Å². The highest BCUT2D eigenvalue weighted by atomic mass is 35.5. The first kappa shape index (κ1) is 14.9. The van der Waals surface area contributed by atoms with E-state index >= 15 is 0 Å². The maximum Gasteiger partial charge on any atom is 0.252 e. The average molecular weight is 297 g/mol. The maximum absolute atomic E-state index is 12.2. The molecule has 1 fully saturated rings. The van der Waals surface area contributed by atoms with Gasteiger partial charge in [0.25, 0.3) is 10.0 Å². The van der Waals surface area contributed by atoms with E-state index in [2.05, 4.69) is 0 Å². The summed E-state index contributed by atoms with van der Waals surface area (Å²) in [5.41, 5.74) is 6.77. The van der Waals surface area contributed by atoms with Crippen LogP contribution in [0, 0.1) is 13.8 Å². The van der Waals surface area contributed by atoms with Gasteiger partial charge in [-0.15, -0.1) is 23.7 Å². The van der Waals surface area contributed by atoms with Crippen molar-refractivity contribution in [2.24, 2.45) is 5.73 Å². The van der Waals surface area contributed by atoms with E-state index in [1.165, 1.54) is 15.6 Å². The van der Waals surface area contributed by atoms with E-state index in [1.54, 1.807) is 6.07 Å². The largest absolute Gasteiger partial charge is 0.326 e. The summed E-state index contributed by atoms with van der Waals surface area (Å²) in [6.07, 6.45) is 0.753. The van der Waals surface area contributed by atoms with E-state index < -0.39 is 10.0 Å². The Hall–Kier alpha value is -0.140. The van der Waals surface area contributed by atoms with Crippen LogP contribution in [-0.4, -0.2) is 31.9 Å². The van der Waals surface area contributed by atoms with Crippen LogP contribution in [0.5, 0.6) is 0 Å². The normalized spacial score (nSPS) is 21.5. The monoisotopic (exact) mass is 296 g/mol. The molecule has 0 spiro atoms. The third kappa shape index (κ3) is 2.82. The number of halogens is 1. The van der Waals surface area contributed by atoms with Crippen LogP contribution < -0.4 is 5.73 Å². The lowest BCUT2D eigenvalue weighted by atomic mass is 10.3. The fourth-order valence-electron chi connectivity index (χ4n) is 1.77. The van der Waals surface area contributed by atoms with Crippen molar-refractivity contribution in [2.45, 2.75) is 30.5 Å². The molecule has 1 saturated heterocycles. The van der Waals surface area contributed by atoms with E-state index in [9.17, 15) is 8.42 Å². The molecule has 17 heavy (non-hydrogen) atoms. The van der Waals surface area contributed by atoms with Crippen molar-refractivity contribution in [3.8, 4) is 0 Å². The van der Waals surface area contributed by atoms with Gasteiger partial charge in [-0.25, -0.2) is 8.42 Å². The standard InChI is InChI=1S/C10H16N2O2S2.ClH/c1-7-5-10(15-8(7)2)16(13,14)12-4-3-9(11)6-12;/h5,9H,3-4,6,11H2,1-2H3;1H/t9-;/m0./s1. The van der Waals surface area contributed by atoms with Crippen molar-refractivity contribution in [3.05, 3.63) is 16.5 Å². The maximum atomic E-state index is 12.2. The minimum absolute atomic E-state index is 0. The Balaban J connectivity index is 0.00000144. The van der Waals surface area contributed by atoms with E-state index in [1.807, 2.05) is 13.8 Å². The summed E-state index contributed by atoms with van der Waals surface area (Å²) in [7, 11) is -3.30. The molecular formula is C10H17ClN2O2S2. The van der Waals surface area contributed by atoms with Crippen LogP contribution >= 0.6 is 23.7 Å². The molecule has 0 amide bonds. The summed E-state index contributed by atoms with van der Waals surface area (Å²) < 4.78 is 26.4. The van der Waals surface area contributed by atoms with Crippen molar-refractivity contribution in [2.75, 3.05) is 13.1 Å². The highest BCUT2D eigenvalue weighted by molar-refractivity contribution is 7.91. The molecule has 2 heterocycles. The molecule has 1 aromatic rings. The van der Waals surface area contributed by atoms with Gasteiger partial charge in [0.15, 0.2) is 0 Å². The molecule has 7 heteroatoms.